The number of amides is 1. The normalized spacial score (nSPS) is 10.7. The van der Waals surface area contributed by atoms with Crippen molar-refractivity contribution in [3.8, 4) is 11.3 Å². The molecule has 1 amide bonds. The smallest absolute Gasteiger partial charge is 0.257 e. The second-order valence-electron chi connectivity index (χ2n) is 6.53. The van der Waals surface area contributed by atoms with E-state index < -0.39 is 0 Å². The molecule has 0 aliphatic rings. The number of pyridine rings is 2. The van der Waals surface area contributed by atoms with Crippen LogP contribution in [0, 0.1) is 0 Å². The molecular formula is C21H22ClN5O. The molecule has 0 unspecified atom stereocenters. The van der Waals surface area contributed by atoms with E-state index in [-0.39, 0.29) is 5.91 Å². The Morgan fingerprint density at radius 2 is 1.96 bits per heavy atom. The van der Waals surface area contributed by atoms with Crippen LogP contribution < -0.4 is 10.6 Å². The molecule has 0 bridgehead atoms. The lowest BCUT2D eigenvalue weighted by molar-refractivity contribution is 0.102. The van der Waals surface area contributed by atoms with Crippen LogP contribution in [0.4, 0.5) is 11.5 Å². The van der Waals surface area contributed by atoms with Crippen molar-refractivity contribution in [2.45, 2.75) is 0 Å². The minimum atomic E-state index is -0.235. The van der Waals surface area contributed by atoms with Crippen molar-refractivity contribution in [1.82, 2.24) is 14.9 Å². The minimum absolute atomic E-state index is 0.235. The van der Waals surface area contributed by atoms with Crippen LogP contribution in [0.1, 0.15) is 10.4 Å². The molecule has 0 saturated heterocycles. The lowest BCUT2D eigenvalue weighted by Gasteiger charge is -2.11. The van der Waals surface area contributed by atoms with Crippen LogP contribution in [-0.4, -0.2) is 48.0 Å². The molecule has 0 aliphatic carbocycles. The Labute approximate surface area is 169 Å². The van der Waals surface area contributed by atoms with Crippen molar-refractivity contribution in [2.24, 2.45) is 0 Å². The van der Waals surface area contributed by atoms with E-state index in [1.165, 1.54) is 0 Å². The van der Waals surface area contributed by atoms with Gasteiger partial charge in [-0.15, -0.1) is 0 Å². The van der Waals surface area contributed by atoms with Crippen molar-refractivity contribution in [3.05, 3.63) is 71.5 Å². The number of anilines is 2. The topological polar surface area (TPSA) is 70.2 Å². The van der Waals surface area contributed by atoms with Gasteiger partial charge in [-0.3, -0.25) is 9.78 Å². The molecular weight excluding hydrogens is 374 g/mol. The third kappa shape index (κ3) is 5.28. The quantitative estimate of drug-likeness (QED) is 0.632. The van der Waals surface area contributed by atoms with Crippen molar-refractivity contribution < 1.29 is 4.79 Å². The zero-order valence-corrected chi connectivity index (χ0v) is 16.6. The summed E-state index contributed by atoms with van der Waals surface area (Å²) in [7, 11) is 4.02. The van der Waals surface area contributed by atoms with Crippen molar-refractivity contribution in [2.75, 3.05) is 37.8 Å². The zero-order valence-electron chi connectivity index (χ0n) is 15.8. The number of carbonyl (C=O) groups excluding carboxylic acids is 1. The molecule has 0 saturated carbocycles. The van der Waals surface area contributed by atoms with Crippen molar-refractivity contribution in [3.63, 3.8) is 0 Å². The summed E-state index contributed by atoms with van der Waals surface area (Å²) in [5, 5.41) is 6.67. The van der Waals surface area contributed by atoms with Crippen molar-refractivity contribution >= 4 is 29.0 Å². The summed E-state index contributed by atoms with van der Waals surface area (Å²) in [6.45, 7) is 1.69. The fourth-order valence-corrected chi connectivity index (χ4v) is 2.78. The van der Waals surface area contributed by atoms with Crippen LogP contribution in [0.3, 0.4) is 0 Å². The Morgan fingerprint density at radius 3 is 2.64 bits per heavy atom. The fraction of sp³-hybridized carbons (Fsp3) is 0.190. The summed E-state index contributed by atoms with van der Waals surface area (Å²) in [4.78, 5) is 23.2. The number of aromatic nitrogens is 2. The van der Waals surface area contributed by atoms with Crippen LogP contribution in [-0.2, 0) is 0 Å². The first kappa shape index (κ1) is 19.8. The highest BCUT2D eigenvalue weighted by atomic mass is 35.5. The van der Waals surface area contributed by atoms with Crippen LogP contribution in [0.2, 0.25) is 5.02 Å². The molecule has 2 N–H and O–H groups in total. The highest BCUT2D eigenvalue weighted by Gasteiger charge is 2.10. The van der Waals surface area contributed by atoms with Gasteiger partial charge in [0.05, 0.1) is 16.3 Å². The lowest BCUT2D eigenvalue weighted by Crippen LogP contribution is -2.21. The number of hydrogen-bond donors (Lipinski definition) is 2. The van der Waals surface area contributed by atoms with Gasteiger partial charge in [0.2, 0.25) is 0 Å². The minimum Gasteiger partial charge on any atom is -0.369 e. The highest BCUT2D eigenvalue weighted by Crippen LogP contribution is 2.29. The molecule has 7 heteroatoms. The van der Waals surface area contributed by atoms with Gasteiger partial charge in [-0.2, -0.15) is 0 Å². The van der Waals surface area contributed by atoms with Gasteiger partial charge in [0.1, 0.15) is 5.82 Å². The van der Waals surface area contributed by atoms with Gasteiger partial charge in [-0.1, -0.05) is 17.7 Å². The van der Waals surface area contributed by atoms with Gasteiger partial charge in [0.15, 0.2) is 0 Å². The number of nitrogens with one attached hydrogen (secondary N) is 2. The number of hydrogen-bond acceptors (Lipinski definition) is 5. The maximum absolute atomic E-state index is 12.5. The number of carbonyl (C=O) groups is 1. The average molecular weight is 396 g/mol. The van der Waals surface area contributed by atoms with E-state index in [2.05, 4.69) is 25.5 Å². The summed E-state index contributed by atoms with van der Waals surface area (Å²) in [5.74, 6) is 0.504. The number of nitrogens with zero attached hydrogens (tertiary/aromatic N) is 3. The molecule has 0 radical (unpaired) electrons. The van der Waals surface area contributed by atoms with Gasteiger partial charge in [-0.25, -0.2) is 4.98 Å². The monoisotopic (exact) mass is 395 g/mol. The maximum Gasteiger partial charge on any atom is 0.257 e. The number of benzene rings is 1. The third-order valence-corrected chi connectivity index (χ3v) is 4.39. The van der Waals surface area contributed by atoms with E-state index in [0.717, 1.165) is 30.2 Å². The summed E-state index contributed by atoms with van der Waals surface area (Å²) in [5.41, 5.74) is 2.63. The molecule has 28 heavy (non-hydrogen) atoms. The molecule has 3 rings (SSSR count). The summed E-state index contributed by atoms with van der Waals surface area (Å²) in [6.07, 6.45) is 3.26. The van der Waals surface area contributed by atoms with Crippen molar-refractivity contribution in [1.29, 1.82) is 0 Å². The van der Waals surface area contributed by atoms with E-state index in [0.29, 0.717) is 16.3 Å². The van der Waals surface area contributed by atoms with E-state index in [1.54, 1.807) is 36.7 Å². The Hall–Kier alpha value is -2.96. The van der Waals surface area contributed by atoms with E-state index in [1.807, 2.05) is 38.4 Å². The van der Waals surface area contributed by atoms with Gasteiger partial charge in [0.25, 0.3) is 5.91 Å². The summed E-state index contributed by atoms with van der Waals surface area (Å²) < 4.78 is 0. The molecule has 0 spiro atoms. The molecule has 2 heterocycles. The van der Waals surface area contributed by atoms with Gasteiger partial charge >= 0.3 is 0 Å². The van der Waals surface area contributed by atoms with Gasteiger partial charge in [0, 0.05) is 36.7 Å². The van der Waals surface area contributed by atoms with Gasteiger partial charge in [-0.05, 0) is 56.6 Å². The standard InChI is InChI=1S/C21H22ClN5O/c1-27(2)12-11-24-20-9-6-15(14-25-20)21(28)26-16-7-8-18(22)17(13-16)19-5-3-4-10-23-19/h3-10,13-14H,11-12H2,1-2H3,(H,24,25)(H,26,28). The molecule has 3 aromatic rings. The predicted octanol–water partition coefficient (Wildman–Crippen LogP) is 4.02. The molecule has 6 nitrogen and oxygen atoms in total. The first-order valence-electron chi connectivity index (χ1n) is 8.90. The Bertz CT molecular complexity index is 929. The second kappa shape index (κ2) is 9.30. The van der Waals surface area contributed by atoms with Crippen LogP contribution in [0.5, 0.6) is 0 Å². The molecule has 0 aliphatic heterocycles. The molecule has 0 atom stereocenters. The SMILES string of the molecule is CN(C)CCNc1ccc(C(=O)Nc2ccc(Cl)c(-c3ccccn3)c2)cn1. The van der Waals surface area contributed by atoms with E-state index >= 15 is 0 Å². The summed E-state index contributed by atoms with van der Waals surface area (Å²) >= 11 is 6.29. The first-order valence-corrected chi connectivity index (χ1v) is 9.27. The molecule has 0 fully saturated rings. The maximum atomic E-state index is 12.5. The van der Waals surface area contributed by atoms with Gasteiger partial charge < -0.3 is 15.5 Å². The third-order valence-electron chi connectivity index (χ3n) is 4.06. The Morgan fingerprint density at radius 1 is 1.11 bits per heavy atom. The average Bonchev–Trinajstić information content (AvgIpc) is 2.70. The van der Waals surface area contributed by atoms with Crippen LogP contribution in [0.25, 0.3) is 11.3 Å². The number of likely N-dealkylation sites (N-methyl/N-ethyl adjacent to an activating group) is 1. The van der Waals surface area contributed by atoms with Crippen LogP contribution >= 0.6 is 11.6 Å². The fourth-order valence-electron chi connectivity index (χ4n) is 2.56. The number of halogens is 1. The van der Waals surface area contributed by atoms with E-state index in [4.69, 9.17) is 11.6 Å². The molecule has 144 valence electrons. The second-order valence-corrected chi connectivity index (χ2v) is 6.93. The van der Waals surface area contributed by atoms with E-state index in [9.17, 15) is 4.79 Å². The number of rotatable bonds is 7. The Kier molecular flexibility index (Phi) is 6.57. The lowest BCUT2D eigenvalue weighted by atomic mass is 10.1. The first-order chi connectivity index (χ1) is 13.5. The Balaban J connectivity index is 1.68. The summed E-state index contributed by atoms with van der Waals surface area (Å²) in [6, 6.07) is 14.5. The molecule has 2 aromatic heterocycles. The molecule has 1 aromatic carbocycles. The van der Waals surface area contributed by atoms with Crippen LogP contribution in [0.15, 0.2) is 60.9 Å². The largest absolute Gasteiger partial charge is 0.369 e. The predicted molar refractivity (Wildman–Crippen MR) is 114 cm³/mol. The highest BCUT2D eigenvalue weighted by molar-refractivity contribution is 6.33. The zero-order chi connectivity index (χ0) is 19.9.